The first-order valence-corrected chi connectivity index (χ1v) is 7.60. The maximum absolute atomic E-state index is 12.7. The average Bonchev–Trinajstić information content (AvgIpc) is 2.54. The summed E-state index contributed by atoms with van der Waals surface area (Å²) in [6, 6.07) is 6.43. The summed E-state index contributed by atoms with van der Waals surface area (Å²) in [6.07, 6.45) is -0.542. The lowest BCUT2D eigenvalue weighted by atomic mass is 9.87. The number of benzene rings is 1. The summed E-state index contributed by atoms with van der Waals surface area (Å²) in [5.41, 5.74) is 3.81. The Kier molecular flexibility index (Phi) is 5.56. The number of amides is 2. The maximum atomic E-state index is 12.7. The van der Waals surface area contributed by atoms with Crippen LogP contribution in [0.2, 0.25) is 0 Å². The first-order valence-electron chi connectivity index (χ1n) is 7.60. The van der Waals surface area contributed by atoms with Crippen molar-refractivity contribution in [3.63, 3.8) is 0 Å². The van der Waals surface area contributed by atoms with Crippen LogP contribution < -0.4 is 5.43 Å². The topological polar surface area (TPSA) is 84.9 Å². The first kappa shape index (κ1) is 16.8. The molecular weight excluding hydrogens is 300 g/mol. The normalized spacial score (nSPS) is 16.3. The van der Waals surface area contributed by atoms with Crippen molar-refractivity contribution < 1.29 is 23.9 Å². The second-order valence-electron chi connectivity index (χ2n) is 4.98. The Morgan fingerprint density at radius 3 is 2.61 bits per heavy atom. The van der Waals surface area contributed by atoms with Crippen LogP contribution in [0.5, 0.6) is 0 Å². The molecule has 0 heterocycles. The number of fused-ring (bicyclic) bond motifs is 1. The minimum atomic E-state index is -0.812. The molecule has 1 atom stereocenters. The van der Waals surface area contributed by atoms with Crippen LogP contribution in [0.4, 0.5) is 9.59 Å². The summed E-state index contributed by atoms with van der Waals surface area (Å²) in [6.45, 7) is 3.59. The third-order valence-corrected chi connectivity index (χ3v) is 3.54. The molecule has 0 aliphatic heterocycles. The summed E-state index contributed by atoms with van der Waals surface area (Å²) < 4.78 is 9.72. The molecule has 0 aromatic heterocycles. The second kappa shape index (κ2) is 7.62. The number of aryl methyl sites for hydroxylation is 1. The summed E-state index contributed by atoms with van der Waals surface area (Å²) >= 11 is 0. The number of nitrogens with one attached hydrogen (secondary N) is 1. The van der Waals surface area contributed by atoms with E-state index in [9.17, 15) is 14.4 Å². The van der Waals surface area contributed by atoms with Gasteiger partial charge in [0, 0.05) is 5.56 Å². The summed E-state index contributed by atoms with van der Waals surface area (Å²) in [5.74, 6) is -0.225. The van der Waals surface area contributed by atoms with Crippen LogP contribution in [-0.4, -0.2) is 42.2 Å². The van der Waals surface area contributed by atoms with Crippen LogP contribution in [-0.2, 0) is 15.9 Å². The molecule has 7 heteroatoms. The Morgan fingerprint density at radius 2 is 1.91 bits per heavy atom. The molecule has 0 bridgehead atoms. The molecule has 1 N–H and O–H groups in total. The summed E-state index contributed by atoms with van der Waals surface area (Å²) in [5, 5.41) is 0.930. The van der Waals surface area contributed by atoms with Gasteiger partial charge in [-0.25, -0.2) is 20.0 Å². The van der Waals surface area contributed by atoms with Crippen molar-refractivity contribution in [2.24, 2.45) is 0 Å². The minimum absolute atomic E-state index is 0.136. The van der Waals surface area contributed by atoms with Crippen molar-refractivity contribution in [1.82, 2.24) is 10.4 Å². The van der Waals surface area contributed by atoms with Crippen LogP contribution in [0.25, 0.3) is 0 Å². The molecule has 1 aromatic rings. The van der Waals surface area contributed by atoms with Crippen molar-refractivity contribution in [1.29, 1.82) is 0 Å². The largest absolute Gasteiger partial charge is 0.449 e. The van der Waals surface area contributed by atoms with E-state index in [-0.39, 0.29) is 19.0 Å². The molecule has 0 fully saturated rings. The number of carbonyl (C=O) groups is 3. The predicted molar refractivity (Wildman–Crippen MR) is 81.9 cm³/mol. The van der Waals surface area contributed by atoms with E-state index in [0.717, 1.165) is 10.6 Å². The van der Waals surface area contributed by atoms with E-state index in [4.69, 9.17) is 9.47 Å². The average molecular weight is 320 g/mol. The minimum Gasteiger partial charge on any atom is -0.449 e. The van der Waals surface area contributed by atoms with Gasteiger partial charge in [0.15, 0.2) is 5.78 Å². The Morgan fingerprint density at radius 1 is 1.22 bits per heavy atom. The smallest absolute Gasteiger partial charge is 0.429 e. The lowest BCUT2D eigenvalue weighted by Gasteiger charge is -2.32. The quantitative estimate of drug-likeness (QED) is 0.864. The highest BCUT2D eigenvalue weighted by molar-refractivity contribution is 6.03. The van der Waals surface area contributed by atoms with Crippen molar-refractivity contribution in [3.8, 4) is 0 Å². The zero-order valence-corrected chi connectivity index (χ0v) is 13.2. The zero-order chi connectivity index (χ0) is 16.8. The Hall–Kier alpha value is -2.57. The van der Waals surface area contributed by atoms with Gasteiger partial charge in [-0.2, -0.15) is 0 Å². The zero-order valence-electron chi connectivity index (χ0n) is 13.2. The van der Waals surface area contributed by atoms with Gasteiger partial charge in [-0.05, 0) is 32.3 Å². The van der Waals surface area contributed by atoms with Gasteiger partial charge in [-0.3, -0.25) is 4.79 Å². The fourth-order valence-electron chi connectivity index (χ4n) is 2.53. The van der Waals surface area contributed by atoms with Gasteiger partial charge < -0.3 is 9.47 Å². The molecule has 23 heavy (non-hydrogen) atoms. The van der Waals surface area contributed by atoms with Crippen LogP contribution in [0.15, 0.2) is 24.3 Å². The molecule has 0 radical (unpaired) electrons. The summed E-state index contributed by atoms with van der Waals surface area (Å²) in [7, 11) is 0. The highest BCUT2D eigenvalue weighted by Crippen LogP contribution is 2.24. The predicted octanol–water partition coefficient (Wildman–Crippen LogP) is 2.30. The van der Waals surface area contributed by atoms with Crippen molar-refractivity contribution in [3.05, 3.63) is 35.4 Å². The highest BCUT2D eigenvalue weighted by atomic mass is 16.6. The van der Waals surface area contributed by atoms with Gasteiger partial charge in [-0.15, -0.1) is 0 Å². The third-order valence-electron chi connectivity index (χ3n) is 3.54. The molecule has 124 valence electrons. The highest BCUT2D eigenvalue weighted by Gasteiger charge is 2.36. The fraction of sp³-hybridized carbons (Fsp3) is 0.438. The molecule has 1 aliphatic carbocycles. The van der Waals surface area contributed by atoms with E-state index >= 15 is 0 Å². The van der Waals surface area contributed by atoms with Crippen LogP contribution in [0, 0.1) is 0 Å². The summed E-state index contributed by atoms with van der Waals surface area (Å²) in [4.78, 5) is 36.4. The molecule has 0 saturated heterocycles. The van der Waals surface area contributed by atoms with E-state index in [2.05, 4.69) is 5.43 Å². The first-order chi connectivity index (χ1) is 11.1. The molecule has 1 aliphatic rings. The maximum Gasteiger partial charge on any atom is 0.429 e. The molecule has 2 amide bonds. The second-order valence-corrected chi connectivity index (χ2v) is 4.98. The number of carbonyl (C=O) groups excluding carboxylic acids is 3. The SMILES string of the molecule is CCOC(=O)NN(C(=O)OCC)[C@H]1CCc2ccccc2C1=O. The number of ketones is 1. The lowest BCUT2D eigenvalue weighted by Crippen LogP contribution is -2.56. The molecule has 7 nitrogen and oxygen atoms in total. The number of Topliss-reactive ketones (excluding diaryl/α,β-unsaturated/α-hetero) is 1. The number of hydrogen-bond donors (Lipinski definition) is 1. The van der Waals surface area contributed by atoms with Gasteiger partial charge in [0.1, 0.15) is 6.04 Å². The Balaban J connectivity index is 2.23. The molecule has 0 saturated carbocycles. The van der Waals surface area contributed by atoms with Crippen LogP contribution >= 0.6 is 0 Å². The lowest BCUT2D eigenvalue weighted by molar-refractivity contribution is 0.0458. The molecule has 1 aromatic carbocycles. The fourth-order valence-corrected chi connectivity index (χ4v) is 2.53. The number of hydrazine groups is 1. The number of ether oxygens (including phenoxy) is 2. The standard InChI is InChI=1S/C16H20N2O5/c1-3-22-15(20)17-18(16(21)23-4-2)13-10-9-11-7-5-6-8-12(11)14(13)19/h5-8,13H,3-4,9-10H2,1-2H3,(H,17,20)/t13-/m0/s1. The Bertz CT molecular complexity index is 602. The van der Waals surface area contributed by atoms with Crippen molar-refractivity contribution >= 4 is 18.0 Å². The van der Waals surface area contributed by atoms with E-state index in [0.29, 0.717) is 18.4 Å². The number of hydrogen-bond acceptors (Lipinski definition) is 5. The Labute approximate surface area is 134 Å². The molecule has 2 rings (SSSR count). The monoisotopic (exact) mass is 320 g/mol. The van der Waals surface area contributed by atoms with Crippen LogP contribution in [0.3, 0.4) is 0 Å². The van der Waals surface area contributed by atoms with E-state index in [1.807, 2.05) is 12.1 Å². The van der Waals surface area contributed by atoms with Crippen molar-refractivity contribution in [2.75, 3.05) is 13.2 Å². The van der Waals surface area contributed by atoms with Gasteiger partial charge >= 0.3 is 12.2 Å². The van der Waals surface area contributed by atoms with E-state index in [1.165, 1.54) is 0 Å². The van der Waals surface area contributed by atoms with E-state index in [1.54, 1.807) is 26.0 Å². The molecule has 0 unspecified atom stereocenters. The van der Waals surface area contributed by atoms with Gasteiger partial charge in [0.05, 0.1) is 13.2 Å². The molecular formula is C16H20N2O5. The van der Waals surface area contributed by atoms with Crippen LogP contribution in [0.1, 0.15) is 36.2 Å². The van der Waals surface area contributed by atoms with Crippen molar-refractivity contribution in [2.45, 2.75) is 32.7 Å². The number of nitrogens with zero attached hydrogens (tertiary/aromatic N) is 1. The van der Waals surface area contributed by atoms with Gasteiger partial charge in [-0.1, -0.05) is 24.3 Å². The van der Waals surface area contributed by atoms with Gasteiger partial charge in [0.2, 0.25) is 0 Å². The number of rotatable bonds is 3. The third kappa shape index (κ3) is 3.80. The van der Waals surface area contributed by atoms with E-state index < -0.39 is 18.2 Å². The van der Waals surface area contributed by atoms with Gasteiger partial charge in [0.25, 0.3) is 0 Å². The molecule has 0 spiro atoms.